The van der Waals surface area contributed by atoms with Gasteiger partial charge in [0.2, 0.25) is 0 Å². The first-order valence-corrected chi connectivity index (χ1v) is 7.52. The molecule has 1 aromatic carbocycles. The fourth-order valence-corrected chi connectivity index (χ4v) is 2.46. The average molecular weight is 275 g/mol. The first kappa shape index (κ1) is 15.0. The number of hydrogen-bond donors (Lipinski definition) is 1. The molecule has 0 amide bonds. The predicted molar refractivity (Wildman–Crippen MR) is 82.8 cm³/mol. The number of imidazole rings is 1. The maximum absolute atomic E-state index is 5.53. The van der Waals surface area contributed by atoms with E-state index in [2.05, 4.69) is 41.9 Å². The molecule has 0 radical (unpaired) electrons. The van der Waals surface area contributed by atoms with Gasteiger partial charge in [0.1, 0.15) is 5.82 Å². The van der Waals surface area contributed by atoms with Gasteiger partial charge in [0, 0.05) is 19.7 Å². The highest BCUT2D eigenvalue weighted by atomic mass is 16.5. The zero-order chi connectivity index (χ0) is 14.4. The van der Waals surface area contributed by atoms with Crippen molar-refractivity contribution >= 4 is 11.0 Å². The molecule has 20 heavy (non-hydrogen) atoms. The van der Waals surface area contributed by atoms with Crippen molar-refractivity contribution in [3.8, 4) is 0 Å². The lowest BCUT2D eigenvalue weighted by Crippen LogP contribution is -2.27. The van der Waals surface area contributed by atoms with Gasteiger partial charge in [0.05, 0.1) is 23.7 Å². The molecule has 1 unspecified atom stereocenters. The van der Waals surface area contributed by atoms with Crippen LogP contribution in [0, 0.1) is 0 Å². The third kappa shape index (κ3) is 3.58. The van der Waals surface area contributed by atoms with E-state index in [-0.39, 0.29) is 6.10 Å². The number of nitrogens with one attached hydrogen (secondary N) is 1. The summed E-state index contributed by atoms with van der Waals surface area (Å²) in [5.41, 5.74) is 2.31. The molecule has 0 spiro atoms. The summed E-state index contributed by atoms with van der Waals surface area (Å²) in [5.74, 6) is 1.11. The number of aromatic nitrogens is 2. The highest BCUT2D eigenvalue weighted by Gasteiger charge is 2.09. The Hall–Kier alpha value is -1.39. The topological polar surface area (TPSA) is 39.1 Å². The molecule has 1 atom stereocenters. The molecule has 2 rings (SSSR count). The molecule has 0 fully saturated rings. The van der Waals surface area contributed by atoms with Gasteiger partial charge in [-0.05, 0) is 32.4 Å². The van der Waals surface area contributed by atoms with Gasteiger partial charge in [-0.25, -0.2) is 4.98 Å². The fourth-order valence-electron chi connectivity index (χ4n) is 2.46. The van der Waals surface area contributed by atoms with Crippen molar-refractivity contribution in [2.24, 2.45) is 0 Å². The quantitative estimate of drug-likeness (QED) is 0.805. The number of rotatable bonds is 8. The monoisotopic (exact) mass is 275 g/mol. The summed E-state index contributed by atoms with van der Waals surface area (Å²) in [4.78, 5) is 4.73. The van der Waals surface area contributed by atoms with Crippen LogP contribution in [0.2, 0.25) is 0 Å². The van der Waals surface area contributed by atoms with Crippen molar-refractivity contribution in [2.45, 2.75) is 46.4 Å². The number of nitrogens with zero attached hydrogens (tertiary/aromatic N) is 2. The third-order valence-electron chi connectivity index (χ3n) is 3.35. The van der Waals surface area contributed by atoms with E-state index in [1.807, 2.05) is 13.0 Å². The van der Waals surface area contributed by atoms with Crippen LogP contribution in [0.4, 0.5) is 0 Å². The second kappa shape index (κ2) is 7.41. The van der Waals surface area contributed by atoms with E-state index in [4.69, 9.17) is 9.72 Å². The second-order valence-corrected chi connectivity index (χ2v) is 5.07. The Labute approximate surface area is 121 Å². The predicted octanol–water partition coefficient (Wildman–Crippen LogP) is 2.96. The molecule has 1 heterocycles. The van der Waals surface area contributed by atoms with Crippen LogP contribution < -0.4 is 5.32 Å². The van der Waals surface area contributed by atoms with Gasteiger partial charge >= 0.3 is 0 Å². The highest BCUT2D eigenvalue weighted by Crippen LogP contribution is 2.16. The van der Waals surface area contributed by atoms with Gasteiger partial charge in [-0.1, -0.05) is 19.1 Å². The van der Waals surface area contributed by atoms with E-state index >= 15 is 0 Å². The number of hydrogen-bond acceptors (Lipinski definition) is 3. The summed E-state index contributed by atoms with van der Waals surface area (Å²) in [6.45, 7) is 9.72. The Morgan fingerprint density at radius 3 is 2.85 bits per heavy atom. The molecular formula is C16H25N3O. The molecule has 0 aliphatic rings. The van der Waals surface area contributed by atoms with Crippen LogP contribution in [0.5, 0.6) is 0 Å². The van der Waals surface area contributed by atoms with Gasteiger partial charge in [0.25, 0.3) is 0 Å². The molecule has 4 heteroatoms. The van der Waals surface area contributed by atoms with Crippen molar-refractivity contribution in [1.82, 2.24) is 14.9 Å². The van der Waals surface area contributed by atoms with Crippen molar-refractivity contribution in [3.63, 3.8) is 0 Å². The Morgan fingerprint density at radius 2 is 2.10 bits per heavy atom. The van der Waals surface area contributed by atoms with Crippen LogP contribution in [0.3, 0.4) is 0 Å². The van der Waals surface area contributed by atoms with Gasteiger partial charge in [-0.2, -0.15) is 0 Å². The van der Waals surface area contributed by atoms with Crippen LogP contribution in [-0.4, -0.2) is 28.8 Å². The van der Waals surface area contributed by atoms with E-state index < -0.39 is 0 Å². The van der Waals surface area contributed by atoms with Crippen LogP contribution in [0.25, 0.3) is 11.0 Å². The summed E-state index contributed by atoms with van der Waals surface area (Å²) in [6, 6.07) is 8.34. The van der Waals surface area contributed by atoms with E-state index in [1.54, 1.807) is 0 Å². The maximum Gasteiger partial charge on any atom is 0.123 e. The van der Waals surface area contributed by atoms with Crippen LogP contribution >= 0.6 is 0 Å². The van der Waals surface area contributed by atoms with Crippen molar-refractivity contribution < 1.29 is 4.74 Å². The minimum atomic E-state index is 0.240. The molecule has 1 N–H and O–H groups in total. The average Bonchev–Trinajstić information content (AvgIpc) is 2.78. The molecule has 4 nitrogen and oxygen atoms in total. The summed E-state index contributed by atoms with van der Waals surface area (Å²) in [5, 5.41) is 3.44. The molecular weight excluding hydrogens is 250 g/mol. The molecule has 0 saturated heterocycles. The molecule has 0 aliphatic carbocycles. The largest absolute Gasteiger partial charge is 0.377 e. The van der Waals surface area contributed by atoms with E-state index in [0.29, 0.717) is 0 Å². The van der Waals surface area contributed by atoms with Crippen molar-refractivity contribution in [3.05, 3.63) is 30.1 Å². The molecule has 0 saturated carbocycles. The van der Waals surface area contributed by atoms with Crippen LogP contribution in [0.15, 0.2) is 24.3 Å². The minimum absolute atomic E-state index is 0.240. The van der Waals surface area contributed by atoms with Crippen molar-refractivity contribution in [1.29, 1.82) is 0 Å². The van der Waals surface area contributed by atoms with E-state index in [1.165, 1.54) is 5.52 Å². The zero-order valence-electron chi connectivity index (χ0n) is 12.7. The Bertz CT molecular complexity index is 536. The minimum Gasteiger partial charge on any atom is -0.377 e. The number of benzene rings is 1. The Morgan fingerprint density at radius 1 is 1.30 bits per heavy atom. The van der Waals surface area contributed by atoms with E-state index in [9.17, 15) is 0 Å². The van der Waals surface area contributed by atoms with Gasteiger partial charge < -0.3 is 14.6 Å². The summed E-state index contributed by atoms with van der Waals surface area (Å²) in [6.07, 6.45) is 1.35. The SMILES string of the molecule is CCCn1c(CNCC(C)OCC)nc2ccccc21. The fraction of sp³-hybridized carbons (Fsp3) is 0.562. The summed E-state index contributed by atoms with van der Waals surface area (Å²) >= 11 is 0. The maximum atomic E-state index is 5.53. The van der Waals surface area contributed by atoms with Crippen LogP contribution in [-0.2, 0) is 17.8 Å². The van der Waals surface area contributed by atoms with Crippen LogP contribution in [0.1, 0.15) is 33.0 Å². The smallest absolute Gasteiger partial charge is 0.123 e. The lowest BCUT2D eigenvalue weighted by Gasteiger charge is -2.13. The van der Waals surface area contributed by atoms with Crippen molar-refractivity contribution in [2.75, 3.05) is 13.2 Å². The van der Waals surface area contributed by atoms with Gasteiger partial charge in [-0.3, -0.25) is 0 Å². The Kier molecular flexibility index (Phi) is 5.56. The standard InChI is InChI=1S/C16H25N3O/c1-4-10-19-15-9-7-6-8-14(15)18-16(19)12-17-11-13(3)20-5-2/h6-9,13,17H,4-5,10-12H2,1-3H3. The normalized spacial score (nSPS) is 12.9. The lowest BCUT2D eigenvalue weighted by atomic mass is 10.3. The second-order valence-electron chi connectivity index (χ2n) is 5.07. The summed E-state index contributed by atoms with van der Waals surface area (Å²) < 4.78 is 7.84. The number of ether oxygens (including phenoxy) is 1. The molecule has 0 bridgehead atoms. The molecule has 2 aromatic rings. The molecule has 0 aliphatic heterocycles. The highest BCUT2D eigenvalue weighted by molar-refractivity contribution is 5.75. The van der Waals surface area contributed by atoms with E-state index in [0.717, 1.165) is 44.0 Å². The molecule has 110 valence electrons. The molecule has 1 aromatic heterocycles. The zero-order valence-corrected chi connectivity index (χ0v) is 12.7. The lowest BCUT2D eigenvalue weighted by molar-refractivity contribution is 0.0758. The number of aryl methyl sites for hydroxylation is 1. The third-order valence-corrected chi connectivity index (χ3v) is 3.35. The number of fused-ring (bicyclic) bond motifs is 1. The first-order chi connectivity index (χ1) is 9.76. The number of para-hydroxylation sites is 2. The first-order valence-electron chi connectivity index (χ1n) is 7.52. The summed E-state index contributed by atoms with van der Waals surface area (Å²) in [7, 11) is 0. The van der Waals surface area contributed by atoms with Gasteiger partial charge in [0.15, 0.2) is 0 Å². The Balaban J connectivity index is 2.06. The van der Waals surface area contributed by atoms with Gasteiger partial charge in [-0.15, -0.1) is 0 Å².